The van der Waals surface area contributed by atoms with Gasteiger partial charge in [0.15, 0.2) is 0 Å². The van der Waals surface area contributed by atoms with E-state index in [1.807, 2.05) is 12.1 Å². The SMILES string of the molecule is CCOC(=O)c1sc(NC(=O)CCSc2nc3c(cc2C#N)CC(c2ccccc2)CC3)c(C#N)c1C. The van der Waals surface area contributed by atoms with Crippen LogP contribution in [0.3, 0.4) is 0 Å². The third kappa shape index (κ3) is 6.02. The molecule has 3 aromatic rings. The molecule has 0 saturated carbocycles. The zero-order valence-electron chi connectivity index (χ0n) is 20.7. The highest BCUT2D eigenvalue weighted by Gasteiger charge is 2.24. The van der Waals surface area contributed by atoms with Crippen LogP contribution in [0.15, 0.2) is 41.4 Å². The van der Waals surface area contributed by atoms with Crippen molar-refractivity contribution in [3.8, 4) is 12.1 Å². The van der Waals surface area contributed by atoms with Crippen LogP contribution in [0.25, 0.3) is 0 Å². The number of pyridine rings is 1. The van der Waals surface area contributed by atoms with Crippen LogP contribution in [0, 0.1) is 29.6 Å². The van der Waals surface area contributed by atoms with Crippen LogP contribution >= 0.6 is 23.1 Å². The molecule has 1 aromatic carbocycles. The largest absolute Gasteiger partial charge is 0.462 e. The first-order valence-electron chi connectivity index (χ1n) is 12.1. The maximum Gasteiger partial charge on any atom is 0.348 e. The highest BCUT2D eigenvalue weighted by Crippen LogP contribution is 2.35. The number of carbonyl (C=O) groups excluding carboxylic acids is 2. The molecule has 0 bridgehead atoms. The minimum atomic E-state index is -0.504. The second-order valence-corrected chi connectivity index (χ2v) is 10.8. The van der Waals surface area contributed by atoms with Gasteiger partial charge in [0.25, 0.3) is 0 Å². The maximum absolute atomic E-state index is 12.6. The quantitative estimate of drug-likeness (QED) is 0.290. The number of anilines is 1. The molecular weight excluding hydrogens is 504 g/mol. The summed E-state index contributed by atoms with van der Waals surface area (Å²) in [6, 6.07) is 16.7. The lowest BCUT2D eigenvalue weighted by Gasteiger charge is -2.25. The third-order valence-electron chi connectivity index (χ3n) is 6.28. The Hall–Kier alpha value is -3.66. The molecule has 9 heteroatoms. The summed E-state index contributed by atoms with van der Waals surface area (Å²) in [4.78, 5) is 29.9. The molecular formula is C28H26N4O3S2. The molecule has 0 spiro atoms. The van der Waals surface area contributed by atoms with Crippen LogP contribution in [-0.4, -0.2) is 29.2 Å². The topological polar surface area (TPSA) is 116 Å². The second kappa shape index (κ2) is 12.1. The molecule has 0 aliphatic heterocycles. The molecule has 1 aliphatic rings. The molecule has 1 aliphatic carbocycles. The number of nitriles is 2. The smallest absolute Gasteiger partial charge is 0.348 e. The molecule has 1 unspecified atom stereocenters. The van der Waals surface area contributed by atoms with Gasteiger partial charge in [-0.25, -0.2) is 9.78 Å². The van der Waals surface area contributed by atoms with E-state index in [1.54, 1.807) is 13.8 Å². The van der Waals surface area contributed by atoms with E-state index in [4.69, 9.17) is 9.72 Å². The number of aryl methyl sites for hydroxylation is 1. The van der Waals surface area contributed by atoms with E-state index in [-0.39, 0.29) is 24.5 Å². The van der Waals surface area contributed by atoms with Crippen molar-refractivity contribution in [2.24, 2.45) is 0 Å². The van der Waals surface area contributed by atoms with Gasteiger partial charge in [-0.3, -0.25) is 4.79 Å². The molecule has 0 radical (unpaired) electrons. The Bertz CT molecular complexity index is 1400. The van der Waals surface area contributed by atoms with E-state index in [0.29, 0.717) is 37.7 Å². The number of ether oxygens (including phenoxy) is 1. The summed E-state index contributed by atoms with van der Waals surface area (Å²) in [6.45, 7) is 3.61. The molecule has 0 saturated heterocycles. The van der Waals surface area contributed by atoms with E-state index in [0.717, 1.165) is 41.9 Å². The first-order chi connectivity index (χ1) is 17.9. The lowest BCUT2D eigenvalue weighted by Crippen LogP contribution is -2.15. The average molecular weight is 531 g/mol. The normalized spacial score (nSPS) is 14.2. The van der Waals surface area contributed by atoms with E-state index in [2.05, 4.69) is 41.7 Å². The molecule has 1 amide bonds. The Morgan fingerprint density at radius 1 is 1.24 bits per heavy atom. The first-order valence-corrected chi connectivity index (χ1v) is 13.9. The molecule has 1 atom stereocenters. The Morgan fingerprint density at radius 3 is 2.73 bits per heavy atom. The predicted octanol–water partition coefficient (Wildman–Crippen LogP) is 5.76. The van der Waals surface area contributed by atoms with Crippen molar-refractivity contribution in [3.05, 3.63) is 74.8 Å². The van der Waals surface area contributed by atoms with Gasteiger partial charge in [-0.15, -0.1) is 23.1 Å². The molecule has 188 valence electrons. The highest BCUT2D eigenvalue weighted by molar-refractivity contribution is 7.99. The second-order valence-electron chi connectivity index (χ2n) is 8.65. The zero-order valence-corrected chi connectivity index (χ0v) is 22.3. The van der Waals surface area contributed by atoms with Gasteiger partial charge in [0, 0.05) is 17.9 Å². The summed E-state index contributed by atoms with van der Waals surface area (Å²) in [5.41, 5.74) is 4.75. The summed E-state index contributed by atoms with van der Waals surface area (Å²) < 4.78 is 5.04. The van der Waals surface area contributed by atoms with Gasteiger partial charge in [-0.1, -0.05) is 30.3 Å². The monoisotopic (exact) mass is 530 g/mol. The molecule has 7 nitrogen and oxygen atoms in total. The van der Waals surface area contributed by atoms with Gasteiger partial charge in [-0.2, -0.15) is 10.5 Å². The average Bonchev–Trinajstić information content (AvgIpc) is 3.23. The minimum absolute atomic E-state index is 0.168. The number of hydrogen-bond donors (Lipinski definition) is 1. The number of nitrogens with zero attached hydrogens (tertiary/aromatic N) is 3. The maximum atomic E-state index is 12.6. The number of aromatic nitrogens is 1. The molecule has 0 fully saturated rings. The number of amides is 1. The van der Waals surface area contributed by atoms with Crippen LogP contribution in [0.1, 0.15) is 68.9 Å². The molecule has 2 heterocycles. The standard InChI is InChI=1S/C28H26N4O3S2/c1-3-35-28(34)25-17(2)22(16-30)27(37-25)32-24(33)11-12-36-26-21(15-29)14-20-13-19(9-10-23(20)31-26)18-7-5-4-6-8-18/h4-8,14,19H,3,9-13H2,1-2H3,(H,32,33). The van der Waals surface area contributed by atoms with Gasteiger partial charge in [0.2, 0.25) is 5.91 Å². The van der Waals surface area contributed by atoms with Gasteiger partial charge in [-0.05, 0) is 61.8 Å². The van der Waals surface area contributed by atoms with Crippen molar-refractivity contribution >= 4 is 40.0 Å². The predicted molar refractivity (Wildman–Crippen MR) is 144 cm³/mol. The number of esters is 1. The fraction of sp³-hybridized carbons (Fsp3) is 0.321. The van der Waals surface area contributed by atoms with Crippen molar-refractivity contribution in [2.75, 3.05) is 17.7 Å². The number of fused-ring (bicyclic) bond motifs is 1. The van der Waals surface area contributed by atoms with Crippen LogP contribution in [0.2, 0.25) is 0 Å². The number of thiophene rings is 1. The number of carbonyl (C=O) groups is 2. The lowest BCUT2D eigenvalue weighted by molar-refractivity contribution is -0.115. The first kappa shape index (κ1) is 26.4. The molecule has 1 N–H and O–H groups in total. The Morgan fingerprint density at radius 2 is 2.03 bits per heavy atom. The van der Waals surface area contributed by atoms with Crippen molar-refractivity contribution in [2.45, 2.75) is 50.5 Å². The number of nitrogens with one attached hydrogen (secondary N) is 1. The van der Waals surface area contributed by atoms with E-state index in [9.17, 15) is 20.1 Å². The zero-order chi connectivity index (χ0) is 26.4. The van der Waals surface area contributed by atoms with Crippen LogP contribution < -0.4 is 5.32 Å². The van der Waals surface area contributed by atoms with Crippen molar-refractivity contribution in [1.82, 2.24) is 4.98 Å². The van der Waals surface area contributed by atoms with E-state index >= 15 is 0 Å². The third-order valence-corrected chi connectivity index (χ3v) is 8.46. The Balaban J connectivity index is 1.39. The Kier molecular flexibility index (Phi) is 8.60. The van der Waals surface area contributed by atoms with Gasteiger partial charge < -0.3 is 10.1 Å². The number of rotatable bonds is 8. The van der Waals surface area contributed by atoms with Crippen LogP contribution in [0.4, 0.5) is 5.00 Å². The lowest BCUT2D eigenvalue weighted by atomic mass is 9.82. The van der Waals surface area contributed by atoms with Crippen molar-refractivity contribution in [1.29, 1.82) is 10.5 Å². The number of benzene rings is 1. The van der Waals surface area contributed by atoms with Crippen LogP contribution in [-0.2, 0) is 22.4 Å². The summed E-state index contributed by atoms with van der Waals surface area (Å²) in [5.74, 6) is 0.0707. The number of thioether (sulfide) groups is 1. The summed E-state index contributed by atoms with van der Waals surface area (Å²) >= 11 is 2.43. The molecule has 2 aromatic heterocycles. The summed E-state index contributed by atoms with van der Waals surface area (Å²) in [6.07, 6.45) is 2.90. The fourth-order valence-corrected chi connectivity index (χ4v) is 6.39. The molecule has 37 heavy (non-hydrogen) atoms. The molecule has 4 rings (SSSR count). The van der Waals surface area contributed by atoms with Gasteiger partial charge >= 0.3 is 5.97 Å². The fourth-order valence-electron chi connectivity index (χ4n) is 4.40. The van der Waals surface area contributed by atoms with Gasteiger partial charge in [0.1, 0.15) is 27.0 Å². The van der Waals surface area contributed by atoms with Gasteiger partial charge in [0.05, 0.1) is 17.7 Å². The summed E-state index contributed by atoms with van der Waals surface area (Å²) in [7, 11) is 0. The van der Waals surface area contributed by atoms with E-state index in [1.165, 1.54) is 17.3 Å². The Labute approximate surface area is 224 Å². The minimum Gasteiger partial charge on any atom is -0.462 e. The summed E-state index contributed by atoms with van der Waals surface area (Å²) in [5, 5.41) is 23.0. The number of hydrogen-bond acceptors (Lipinski definition) is 8. The highest BCUT2D eigenvalue weighted by atomic mass is 32.2. The van der Waals surface area contributed by atoms with Crippen LogP contribution in [0.5, 0.6) is 0 Å². The van der Waals surface area contributed by atoms with E-state index < -0.39 is 5.97 Å². The van der Waals surface area contributed by atoms with Crippen molar-refractivity contribution < 1.29 is 14.3 Å². The van der Waals surface area contributed by atoms with Crippen molar-refractivity contribution in [3.63, 3.8) is 0 Å².